The molecule has 0 radical (unpaired) electrons. The van der Waals surface area contributed by atoms with Gasteiger partial charge in [-0.3, -0.25) is 9.59 Å². The van der Waals surface area contributed by atoms with Gasteiger partial charge in [0.15, 0.2) is 13.2 Å². The molecule has 2 heterocycles. The zero-order valence-electron chi connectivity index (χ0n) is 19.2. The van der Waals surface area contributed by atoms with Gasteiger partial charge in [0, 0.05) is 24.3 Å². The lowest BCUT2D eigenvalue weighted by molar-refractivity contribution is -0.139. The fraction of sp³-hybridized carbons (Fsp3) is 0.423. The number of rotatable bonds is 6. The second kappa shape index (κ2) is 10.1. The van der Waals surface area contributed by atoms with Crippen molar-refractivity contribution in [1.29, 1.82) is 0 Å². The van der Waals surface area contributed by atoms with E-state index in [2.05, 4.69) is 13.8 Å². The molecular formula is C26H30N2O5. The van der Waals surface area contributed by atoms with Crippen molar-refractivity contribution in [3.8, 4) is 5.75 Å². The van der Waals surface area contributed by atoms with Gasteiger partial charge in [-0.15, -0.1) is 0 Å². The highest BCUT2D eigenvalue weighted by Crippen LogP contribution is 2.27. The highest BCUT2D eigenvalue weighted by molar-refractivity contribution is 5.98. The Labute approximate surface area is 194 Å². The minimum absolute atomic E-state index is 0.0276. The minimum Gasteiger partial charge on any atom is -0.484 e. The summed E-state index contributed by atoms with van der Waals surface area (Å²) in [5.41, 5.74) is 2.32. The van der Waals surface area contributed by atoms with E-state index < -0.39 is 5.97 Å². The molecule has 0 saturated carbocycles. The number of amides is 2. The van der Waals surface area contributed by atoms with Crippen LogP contribution in [0.15, 0.2) is 48.5 Å². The molecule has 2 unspecified atom stereocenters. The van der Waals surface area contributed by atoms with E-state index in [4.69, 9.17) is 9.47 Å². The Bertz CT molecular complexity index is 1010. The molecule has 174 valence electrons. The summed E-state index contributed by atoms with van der Waals surface area (Å²) in [6, 6.07) is 14.6. The molecule has 0 bridgehead atoms. The summed E-state index contributed by atoms with van der Waals surface area (Å²) in [7, 11) is 0. The number of esters is 1. The standard InChI is InChI=1S/C26H30N2O5/c1-18-6-5-7-19(2)28(18)25(30)17-32-22-12-10-21(11-13-22)26(31)33-16-24(29)27-15-14-20-8-3-4-9-23(20)27/h3-4,8-13,18-19H,5-7,14-17H2,1-2H3. The number of para-hydroxylation sites is 1. The highest BCUT2D eigenvalue weighted by Gasteiger charge is 2.29. The van der Waals surface area contributed by atoms with Gasteiger partial charge >= 0.3 is 5.97 Å². The Morgan fingerprint density at radius 3 is 2.33 bits per heavy atom. The number of ether oxygens (including phenoxy) is 2. The molecule has 33 heavy (non-hydrogen) atoms. The molecule has 0 aliphatic carbocycles. The molecule has 0 aromatic heterocycles. The number of piperidine rings is 1. The monoisotopic (exact) mass is 450 g/mol. The molecule has 2 aromatic rings. The van der Waals surface area contributed by atoms with Crippen LogP contribution in [0.25, 0.3) is 0 Å². The first-order valence-corrected chi connectivity index (χ1v) is 11.5. The van der Waals surface area contributed by atoms with E-state index in [0.29, 0.717) is 17.9 Å². The van der Waals surface area contributed by atoms with Crippen molar-refractivity contribution >= 4 is 23.5 Å². The van der Waals surface area contributed by atoms with E-state index in [-0.39, 0.29) is 37.1 Å². The van der Waals surface area contributed by atoms with Crippen LogP contribution in [0.3, 0.4) is 0 Å². The number of hydrogen-bond donors (Lipinski definition) is 0. The number of likely N-dealkylation sites (tertiary alicyclic amines) is 1. The van der Waals surface area contributed by atoms with Crippen LogP contribution in [0, 0.1) is 0 Å². The number of fused-ring (bicyclic) bond motifs is 1. The maximum atomic E-state index is 12.6. The number of carbonyl (C=O) groups excluding carboxylic acids is 3. The molecule has 2 amide bonds. The maximum absolute atomic E-state index is 12.6. The second-order valence-electron chi connectivity index (χ2n) is 8.74. The van der Waals surface area contributed by atoms with Gasteiger partial charge in [-0.1, -0.05) is 18.2 Å². The maximum Gasteiger partial charge on any atom is 0.338 e. The zero-order chi connectivity index (χ0) is 23.4. The summed E-state index contributed by atoms with van der Waals surface area (Å²) in [6.45, 7) is 4.38. The van der Waals surface area contributed by atoms with Crippen molar-refractivity contribution in [2.24, 2.45) is 0 Å². The van der Waals surface area contributed by atoms with Crippen LogP contribution in [-0.2, 0) is 20.7 Å². The number of hydrogen-bond acceptors (Lipinski definition) is 5. The van der Waals surface area contributed by atoms with Gasteiger partial charge in [0.2, 0.25) is 0 Å². The molecule has 2 aliphatic heterocycles. The Morgan fingerprint density at radius 2 is 1.61 bits per heavy atom. The average Bonchev–Trinajstić information content (AvgIpc) is 3.25. The third kappa shape index (κ3) is 5.18. The van der Waals surface area contributed by atoms with Gasteiger partial charge in [0.25, 0.3) is 11.8 Å². The summed E-state index contributed by atoms with van der Waals surface area (Å²) < 4.78 is 10.9. The first kappa shape index (κ1) is 22.8. The zero-order valence-corrected chi connectivity index (χ0v) is 19.2. The smallest absolute Gasteiger partial charge is 0.338 e. The van der Waals surface area contributed by atoms with Gasteiger partial charge in [0.1, 0.15) is 5.75 Å². The van der Waals surface area contributed by atoms with Crippen LogP contribution in [0.2, 0.25) is 0 Å². The molecule has 4 rings (SSSR count). The first-order valence-electron chi connectivity index (χ1n) is 11.5. The molecule has 2 aromatic carbocycles. The SMILES string of the molecule is CC1CCCC(C)N1C(=O)COc1ccc(C(=O)OCC(=O)N2CCc3ccccc32)cc1. The van der Waals surface area contributed by atoms with Crippen molar-refractivity contribution in [3.05, 3.63) is 59.7 Å². The summed E-state index contributed by atoms with van der Waals surface area (Å²) in [5, 5.41) is 0. The van der Waals surface area contributed by atoms with Crippen molar-refractivity contribution in [2.75, 3.05) is 24.7 Å². The Hall–Kier alpha value is -3.35. The van der Waals surface area contributed by atoms with Crippen LogP contribution in [0.4, 0.5) is 5.69 Å². The number of carbonyl (C=O) groups is 3. The fourth-order valence-electron chi connectivity index (χ4n) is 4.71. The Kier molecular flexibility index (Phi) is 6.96. The predicted octanol–water partition coefficient (Wildman–Crippen LogP) is 3.60. The van der Waals surface area contributed by atoms with E-state index in [1.54, 1.807) is 29.2 Å². The third-order valence-corrected chi connectivity index (χ3v) is 6.45. The molecule has 0 N–H and O–H groups in total. The van der Waals surface area contributed by atoms with Crippen LogP contribution in [-0.4, -0.2) is 54.5 Å². The molecule has 1 fully saturated rings. The van der Waals surface area contributed by atoms with E-state index in [9.17, 15) is 14.4 Å². The van der Waals surface area contributed by atoms with Gasteiger partial charge in [-0.25, -0.2) is 4.79 Å². The van der Waals surface area contributed by atoms with Crippen LogP contribution >= 0.6 is 0 Å². The van der Waals surface area contributed by atoms with Gasteiger partial charge < -0.3 is 19.3 Å². The molecule has 2 aliphatic rings. The van der Waals surface area contributed by atoms with E-state index in [1.807, 2.05) is 29.2 Å². The van der Waals surface area contributed by atoms with Crippen LogP contribution in [0.1, 0.15) is 49.0 Å². The van der Waals surface area contributed by atoms with Crippen molar-refractivity contribution in [3.63, 3.8) is 0 Å². The third-order valence-electron chi connectivity index (χ3n) is 6.45. The van der Waals surface area contributed by atoms with E-state index >= 15 is 0 Å². The van der Waals surface area contributed by atoms with E-state index in [0.717, 1.165) is 36.9 Å². The summed E-state index contributed by atoms with van der Waals surface area (Å²) in [6.07, 6.45) is 3.97. The van der Waals surface area contributed by atoms with Crippen molar-refractivity contribution in [2.45, 2.75) is 51.6 Å². The lowest BCUT2D eigenvalue weighted by Crippen LogP contribution is -2.49. The molecule has 7 nitrogen and oxygen atoms in total. The molecule has 0 spiro atoms. The normalized spacial score (nSPS) is 19.7. The van der Waals surface area contributed by atoms with Crippen LogP contribution < -0.4 is 9.64 Å². The minimum atomic E-state index is -0.575. The largest absolute Gasteiger partial charge is 0.484 e. The van der Waals surface area contributed by atoms with Crippen molar-refractivity contribution in [1.82, 2.24) is 4.90 Å². The number of anilines is 1. The van der Waals surface area contributed by atoms with Gasteiger partial charge in [-0.2, -0.15) is 0 Å². The van der Waals surface area contributed by atoms with E-state index in [1.165, 1.54) is 0 Å². The average molecular weight is 451 g/mol. The topological polar surface area (TPSA) is 76.1 Å². The summed E-state index contributed by atoms with van der Waals surface area (Å²) >= 11 is 0. The second-order valence-corrected chi connectivity index (χ2v) is 8.74. The number of benzene rings is 2. The highest BCUT2D eigenvalue weighted by atomic mass is 16.5. The van der Waals surface area contributed by atoms with Gasteiger partial charge in [0.05, 0.1) is 5.56 Å². The molecular weight excluding hydrogens is 420 g/mol. The summed E-state index contributed by atoms with van der Waals surface area (Å²) in [4.78, 5) is 41.0. The molecule has 7 heteroatoms. The van der Waals surface area contributed by atoms with Crippen LogP contribution in [0.5, 0.6) is 5.75 Å². The summed E-state index contributed by atoms with van der Waals surface area (Å²) in [5.74, 6) is -0.343. The Balaban J connectivity index is 1.26. The molecule has 1 saturated heterocycles. The predicted molar refractivity (Wildman–Crippen MR) is 124 cm³/mol. The van der Waals surface area contributed by atoms with Gasteiger partial charge in [-0.05, 0) is 75.4 Å². The quantitative estimate of drug-likeness (QED) is 0.629. The molecule has 2 atom stereocenters. The lowest BCUT2D eigenvalue weighted by atomic mass is 9.97. The first-order chi connectivity index (χ1) is 15.9. The van der Waals surface area contributed by atoms with Crippen molar-refractivity contribution < 1.29 is 23.9 Å². The number of nitrogens with zero attached hydrogens (tertiary/aromatic N) is 2. The fourth-order valence-corrected chi connectivity index (χ4v) is 4.71. The Morgan fingerprint density at radius 1 is 0.909 bits per heavy atom. The lowest BCUT2D eigenvalue weighted by Gasteiger charge is -2.38.